The zero-order valence-electron chi connectivity index (χ0n) is 10.3. The van der Waals surface area contributed by atoms with Gasteiger partial charge in [-0.2, -0.15) is 5.10 Å². The number of rotatable bonds is 3. The standard InChI is InChI=1S/C13H14N4S/c1-8-3-4-11(9(2)7-8)16-13-10(12(14)18)5-6-15-17-13/h3-7H,1-2H3,(H2,14,18)(H,16,17). The Labute approximate surface area is 111 Å². The third-order valence-electron chi connectivity index (χ3n) is 2.62. The Kier molecular flexibility index (Phi) is 3.53. The third-order valence-corrected chi connectivity index (χ3v) is 2.84. The molecule has 1 aromatic carbocycles. The first-order chi connectivity index (χ1) is 8.58. The van der Waals surface area contributed by atoms with Crippen LogP contribution in [0.4, 0.5) is 11.5 Å². The summed E-state index contributed by atoms with van der Waals surface area (Å²) in [5, 5.41) is 11.1. The van der Waals surface area contributed by atoms with Gasteiger partial charge < -0.3 is 11.1 Å². The second kappa shape index (κ2) is 5.10. The molecule has 0 bridgehead atoms. The lowest BCUT2D eigenvalue weighted by Gasteiger charge is -2.11. The molecule has 18 heavy (non-hydrogen) atoms. The molecule has 0 aliphatic heterocycles. The van der Waals surface area contributed by atoms with Gasteiger partial charge in [0.25, 0.3) is 0 Å². The number of thiocarbonyl (C=S) groups is 1. The molecular formula is C13H14N4S. The topological polar surface area (TPSA) is 63.8 Å². The van der Waals surface area contributed by atoms with Gasteiger partial charge in [-0.1, -0.05) is 29.9 Å². The van der Waals surface area contributed by atoms with E-state index in [0.717, 1.165) is 11.3 Å². The predicted octanol–water partition coefficient (Wildman–Crippen LogP) is 2.47. The van der Waals surface area contributed by atoms with E-state index in [1.54, 1.807) is 12.3 Å². The van der Waals surface area contributed by atoms with E-state index in [0.29, 0.717) is 16.4 Å². The molecule has 0 fully saturated rings. The molecule has 0 amide bonds. The summed E-state index contributed by atoms with van der Waals surface area (Å²) in [5.41, 5.74) is 9.67. The Morgan fingerprint density at radius 3 is 2.72 bits per heavy atom. The minimum Gasteiger partial charge on any atom is -0.389 e. The Morgan fingerprint density at radius 2 is 2.06 bits per heavy atom. The van der Waals surface area contributed by atoms with Crippen molar-refractivity contribution in [2.45, 2.75) is 13.8 Å². The van der Waals surface area contributed by atoms with E-state index in [1.165, 1.54) is 5.56 Å². The number of aryl methyl sites for hydroxylation is 2. The summed E-state index contributed by atoms with van der Waals surface area (Å²) in [4.78, 5) is 0.303. The summed E-state index contributed by atoms with van der Waals surface area (Å²) in [6.45, 7) is 4.09. The van der Waals surface area contributed by atoms with Crippen LogP contribution in [0.1, 0.15) is 16.7 Å². The summed E-state index contributed by atoms with van der Waals surface area (Å²) in [6.07, 6.45) is 1.57. The second-order valence-electron chi connectivity index (χ2n) is 4.10. The van der Waals surface area contributed by atoms with Crippen molar-refractivity contribution in [3.05, 3.63) is 47.2 Å². The molecule has 0 aliphatic carbocycles. The molecule has 2 aromatic rings. The van der Waals surface area contributed by atoms with Crippen LogP contribution in [0, 0.1) is 13.8 Å². The number of benzene rings is 1. The first-order valence-corrected chi connectivity index (χ1v) is 5.94. The van der Waals surface area contributed by atoms with Crippen LogP contribution in [0.15, 0.2) is 30.5 Å². The highest BCUT2D eigenvalue weighted by atomic mass is 32.1. The van der Waals surface area contributed by atoms with E-state index in [4.69, 9.17) is 18.0 Å². The van der Waals surface area contributed by atoms with Crippen LogP contribution in [-0.4, -0.2) is 15.2 Å². The zero-order valence-corrected chi connectivity index (χ0v) is 11.1. The van der Waals surface area contributed by atoms with Gasteiger partial charge in [-0.15, -0.1) is 5.10 Å². The maximum absolute atomic E-state index is 5.65. The summed E-state index contributed by atoms with van der Waals surface area (Å²) < 4.78 is 0. The molecule has 0 aliphatic rings. The zero-order chi connectivity index (χ0) is 13.1. The minimum atomic E-state index is 0.303. The average molecular weight is 258 g/mol. The van der Waals surface area contributed by atoms with E-state index >= 15 is 0 Å². The lowest BCUT2D eigenvalue weighted by Crippen LogP contribution is -2.13. The lowest BCUT2D eigenvalue weighted by molar-refractivity contribution is 1.03. The fourth-order valence-corrected chi connectivity index (χ4v) is 1.87. The fourth-order valence-electron chi connectivity index (χ4n) is 1.70. The predicted molar refractivity (Wildman–Crippen MR) is 77.1 cm³/mol. The lowest BCUT2D eigenvalue weighted by atomic mass is 10.1. The number of aromatic nitrogens is 2. The van der Waals surface area contributed by atoms with Crippen LogP contribution in [0.25, 0.3) is 0 Å². The summed E-state index contributed by atoms with van der Waals surface area (Å²) >= 11 is 4.99. The molecule has 5 heteroatoms. The van der Waals surface area contributed by atoms with Crippen molar-refractivity contribution in [2.24, 2.45) is 5.73 Å². The van der Waals surface area contributed by atoms with E-state index in [1.807, 2.05) is 19.1 Å². The molecule has 0 spiro atoms. The van der Waals surface area contributed by atoms with Crippen LogP contribution >= 0.6 is 12.2 Å². The van der Waals surface area contributed by atoms with Crippen molar-refractivity contribution < 1.29 is 0 Å². The van der Waals surface area contributed by atoms with Crippen molar-refractivity contribution in [3.8, 4) is 0 Å². The number of nitrogens with zero attached hydrogens (tertiary/aromatic N) is 2. The maximum Gasteiger partial charge on any atom is 0.163 e. The van der Waals surface area contributed by atoms with E-state index in [2.05, 4.69) is 28.5 Å². The summed E-state index contributed by atoms with van der Waals surface area (Å²) in [7, 11) is 0. The van der Waals surface area contributed by atoms with E-state index in [-0.39, 0.29) is 0 Å². The van der Waals surface area contributed by atoms with Crippen molar-refractivity contribution in [1.82, 2.24) is 10.2 Å². The van der Waals surface area contributed by atoms with Crippen molar-refractivity contribution in [2.75, 3.05) is 5.32 Å². The van der Waals surface area contributed by atoms with Crippen LogP contribution in [0.2, 0.25) is 0 Å². The Balaban J connectivity index is 2.37. The first-order valence-electron chi connectivity index (χ1n) is 5.53. The quantitative estimate of drug-likeness (QED) is 0.828. The largest absolute Gasteiger partial charge is 0.389 e. The molecule has 0 unspecified atom stereocenters. The van der Waals surface area contributed by atoms with Crippen LogP contribution in [0.5, 0.6) is 0 Å². The molecule has 3 N–H and O–H groups in total. The molecule has 1 heterocycles. The van der Waals surface area contributed by atoms with Gasteiger partial charge in [-0.3, -0.25) is 0 Å². The highest BCUT2D eigenvalue weighted by Crippen LogP contribution is 2.22. The van der Waals surface area contributed by atoms with Gasteiger partial charge in [-0.05, 0) is 31.5 Å². The third kappa shape index (κ3) is 2.62. The summed E-state index contributed by atoms with van der Waals surface area (Å²) in [5.74, 6) is 0.581. The molecule has 1 aromatic heterocycles. The number of hydrogen-bond donors (Lipinski definition) is 2. The van der Waals surface area contributed by atoms with Gasteiger partial charge in [-0.25, -0.2) is 0 Å². The number of anilines is 2. The van der Waals surface area contributed by atoms with E-state index < -0.39 is 0 Å². The van der Waals surface area contributed by atoms with Crippen LogP contribution < -0.4 is 11.1 Å². The summed E-state index contributed by atoms with van der Waals surface area (Å²) in [6, 6.07) is 7.88. The van der Waals surface area contributed by atoms with Gasteiger partial charge >= 0.3 is 0 Å². The Morgan fingerprint density at radius 1 is 1.28 bits per heavy atom. The molecule has 0 atom stereocenters. The SMILES string of the molecule is Cc1ccc(Nc2nnccc2C(N)=S)c(C)c1. The molecule has 0 saturated carbocycles. The maximum atomic E-state index is 5.65. The Hall–Kier alpha value is -2.01. The van der Waals surface area contributed by atoms with Crippen molar-refractivity contribution in [3.63, 3.8) is 0 Å². The fraction of sp³-hybridized carbons (Fsp3) is 0.154. The molecule has 92 valence electrons. The van der Waals surface area contributed by atoms with Gasteiger partial charge in [0, 0.05) is 5.69 Å². The van der Waals surface area contributed by atoms with Gasteiger partial charge in [0.1, 0.15) is 4.99 Å². The highest BCUT2D eigenvalue weighted by molar-refractivity contribution is 7.80. The minimum absolute atomic E-state index is 0.303. The van der Waals surface area contributed by atoms with Gasteiger partial charge in [0.15, 0.2) is 5.82 Å². The molecular weight excluding hydrogens is 244 g/mol. The van der Waals surface area contributed by atoms with Crippen LogP contribution in [-0.2, 0) is 0 Å². The number of nitrogens with one attached hydrogen (secondary N) is 1. The van der Waals surface area contributed by atoms with Crippen LogP contribution in [0.3, 0.4) is 0 Å². The van der Waals surface area contributed by atoms with E-state index in [9.17, 15) is 0 Å². The average Bonchev–Trinajstić information content (AvgIpc) is 2.33. The monoisotopic (exact) mass is 258 g/mol. The number of hydrogen-bond acceptors (Lipinski definition) is 4. The Bertz CT molecular complexity index is 595. The molecule has 0 saturated heterocycles. The molecule has 4 nitrogen and oxygen atoms in total. The number of nitrogens with two attached hydrogens (primary N) is 1. The first kappa shape index (κ1) is 12.4. The normalized spacial score (nSPS) is 10.1. The van der Waals surface area contributed by atoms with Gasteiger partial charge in [0.05, 0.1) is 11.8 Å². The highest BCUT2D eigenvalue weighted by Gasteiger charge is 2.08. The molecule has 2 rings (SSSR count). The van der Waals surface area contributed by atoms with Gasteiger partial charge in [0.2, 0.25) is 0 Å². The van der Waals surface area contributed by atoms with Crippen molar-refractivity contribution >= 4 is 28.7 Å². The molecule has 0 radical (unpaired) electrons. The van der Waals surface area contributed by atoms with Crippen molar-refractivity contribution in [1.29, 1.82) is 0 Å². The smallest absolute Gasteiger partial charge is 0.163 e. The second-order valence-corrected chi connectivity index (χ2v) is 4.54.